The molecule has 0 radical (unpaired) electrons. The lowest BCUT2D eigenvalue weighted by atomic mass is 10.1. The van der Waals surface area contributed by atoms with Crippen LogP contribution in [0.2, 0.25) is 5.02 Å². The second-order valence-electron chi connectivity index (χ2n) is 3.81. The molecule has 0 bridgehead atoms. The number of nitrogens with zero attached hydrogens (tertiary/aromatic N) is 1. The summed E-state index contributed by atoms with van der Waals surface area (Å²) in [5, 5.41) is 1.77. The summed E-state index contributed by atoms with van der Waals surface area (Å²) in [5.41, 5.74) is 3.89. The molecule has 0 amide bonds. The van der Waals surface area contributed by atoms with Gasteiger partial charge in [-0.25, -0.2) is 0 Å². The quantitative estimate of drug-likeness (QED) is 0.678. The van der Waals surface area contributed by atoms with Crippen LogP contribution < -0.4 is 0 Å². The third kappa shape index (κ3) is 1.37. The lowest BCUT2D eigenvalue weighted by molar-refractivity contribution is 0.111. The van der Waals surface area contributed by atoms with Gasteiger partial charge in [-0.2, -0.15) is 0 Å². The van der Waals surface area contributed by atoms with Crippen LogP contribution in [0.5, 0.6) is 0 Å². The van der Waals surface area contributed by atoms with Crippen LogP contribution in [0.4, 0.5) is 0 Å². The fourth-order valence-electron chi connectivity index (χ4n) is 2.14. The van der Waals surface area contributed by atoms with Crippen molar-refractivity contribution < 1.29 is 4.79 Å². The Morgan fingerprint density at radius 1 is 1.33 bits per heavy atom. The largest absolute Gasteiger partial charge is 0.341 e. The highest BCUT2D eigenvalue weighted by Gasteiger charge is 2.13. The molecular formula is C12H12ClNO. The van der Waals surface area contributed by atoms with Crippen LogP contribution in [-0.4, -0.2) is 10.9 Å². The van der Waals surface area contributed by atoms with Crippen molar-refractivity contribution in [1.29, 1.82) is 0 Å². The van der Waals surface area contributed by atoms with Crippen LogP contribution in [0.1, 0.15) is 21.6 Å². The predicted octanol–water partition coefficient (Wildman–Crippen LogP) is 3.26. The summed E-state index contributed by atoms with van der Waals surface area (Å²) in [7, 11) is 1.90. The number of halogens is 1. The summed E-state index contributed by atoms with van der Waals surface area (Å²) in [4.78, 5) is 11.0. The van der Waals surface area contributed by atoms with Gasteiger partial charge >= 0.3 is 0 Å². The maximum atomic E-state index is 11.0. The van der Waals surface area contributed by atoms with Gasteiger partial charge in [-0.1, -0.05) is 11.6 Å². The molecule has 0 fully saturated rings. The van der Waals surface area contributed by atoms with Crippen LogP contribution in [0, 0.1) is 13.8 Å². The fourth-order valence-corrected chi connectivity index (χ4v) is 2.42. The Balaban J connectivity index is 3.01. The van der Waals surface area contributed by atoms with Crippen LogP contribution in [0.25, 0.3) is 10.9 Å². The monoisotopic (exact) mass is 221 g/mol. The molecule has 2 rings (SSSR count). The van der Waals surface area contributed by atoms with E-state index in [-0.39, 0.29) is 0 Å². The van der Waals surface area contributed by atoms with Crippen LogP contribution in [-0.2, 0) is 7.05 Å². The predicted molar refractivity (Wildman–Crippen MR) is 62.8 cm³/mol. The molecule has 0 saturated carbocycles. The molecule has 1 aromatic heterocycles. The van der Waals surface area contributed by atoms with Gasteiger partial charge in [-0.3, -0.25) is 4.79 Å². The molecular weight excluding hydrogens is 210 g/mol. The van der Waals surface area contributed by atoms with Gasteiger partial charge in [0.2, 0.25) is 0 Å². The first-order chi connectivity index (χ1) is 7.06. The van der Waals surface area contributed by atoms with Crippen molar-refractivity contribution in [2.45, 2.75) is 13.8 Å². The van der Waals surface area contributed by atoms with E-state index in [2.05, 4.69) is 0 Å². The van der Waals surface area contributed by atoms with E-state index < -0.39 is 0 Å². The first-order valence-corrected chi connectivity index (χ1v) is 5.14. The Morgan fingerprint density at radius 2 is 2.00 bits per heavy atom. The number of fused-ring (bicyclic) bond motifs is 1. The molecule has 78 valence electrons. The molecule has 2 nitrogen and oxygen atoms in total. The fraction of sp³-hybridized carbons (Fsp3) is 0.250. The number of aryl methyl sites for hydroxylation is 3. The van der Waals surface area contributed by atoms with Gasteiger partial charge in [0.15, 0.2) is 6.29 Å². The number of hydrogen-bond acceptors (Lipinski definition) is 1. The van der Waals surface area contributed by atoms with Crippen LogP contribution in [0.15, 0.2) is 12.1 Å². The van der Waals surface area contributed by atoms with E-state index in [0.29, 0.717) is 5.02 Å². The summed E-state index contributed by atoms with van der Waals surface area (Å²) < 4.78 is 1.92. The number of carbonyl (C=O) groups is 1. The van der Waals surface area contributed by atoms with Crippen molar-refractivity contribution in [3.63, 3.8) is 0 Å². The van der Waals surface area contributed by atoms with Crippen molar-refractivity contribution in [1.82, 2.24) is 4.57 Å². The van der Waals surface area contributed by atoms with Gasteiger partial charge in [0.25, 0.3) is 0 Å². The number of carbonyl (C=O) groups excluding carboxylic acids is 1. The van der Waals surface area contributed by atoms with Gasteiger partial charge in [-0.05, 0) is 37.1 Å². The Hall–Kier alpha value is -1.28. The van der Waals surface area contributed by atoms with Crippen molar-refractivity contribution in [3.05, 3.63) is 34.0 Å². The van der Waals surface area contributed by atoms with Gasteiger partial charge < -0.3 is 4.57 Å². The zero-order chi connectivity index (χ0) is 11.2. The topological polar surface area (TPSA) is 22.0 Å². The standard InChI is InChI=1S/C12H12ClNO/c1-7-4-9(13)5-10-8(2)11(6-15)14(3)12(7)10/h4-6H,1-3H3. The molecule has 0 aliphatic rings. The highest BCUT2D eigenvalue weighted by molar-refractivity contribution is 6.31. The van der Waals surface area contributed by atoms with E-state index in [4.69, 9.17) is 11.6 Å². The summed E-state index contributed by atoms with van der Waals surface area (Å²) in [6.45, 7) is 3.95. The number of rotatable bonds is 1. The zero-order valence-corrected chi connectivity index (χ0v) is 9.72. The molecule has 0 aliphatic heterocycles. The first-order valence-electron chi connectivity index (χ1n) is 4.76. The van der Waals surface area contributed by atoms with Crippen molar-refractivity contribution in [2.75, 3.05) is 0 Å². The minimum absolute atomic E-state index is 0.714. The first kappa shape index (κ1) is 10.2. The van der Waals surface area contributed by atoms with Crippen LogP contribution >= 0.6 is 11.6 Å². The minimum atomic E-state index is 0.714. The lowest BCUT2D eigenvalue weighted by Crippen LogP contribution is -1.95. The Morgan fingerprint density at radius 3 is 2.60 bits per heavy atom. The van der Waals surface area contributed by atoms with E-state index in [0.717, 1.165) is 34.0 Å². The number of aromatic nitrogens is 1. The molecule has 3 heteroatoms. The normalized spacial score (nSPS) is 10.9. The van der Waals surface area contributed by atoms with Gasteiger partial charge in [-0.15, -0.1) is 0 Å². The zero-order valence-electron chi connectivity index (χ0n) is 8.97. The van der Waals surface area contributed by atoms with Gasteiger partial charge in [0.1, 0.15) is 0 Å². The molecule has 0 aliphatic carbocycles. The van der Waals surface area contributed by atoms with E-state index in [1.807, 2.05) is 37.6 Å². The highest BCUT2D eigenvalue weighted by Crippen LogP contribution is 2.29. The second-order valence-corrected chi connectivity index (χ2v) is 4.24. The minimum Gasteiger partial charge on any atom is -0.341 e. The maximum Gasteiger partial charge on any atom is 0.166 e. The van der Waals surface area contributed by atoms with Crippen LogP contribution in [0.3, 0.4) is 0 Å². The highest BCUT2D eigenvalue weighted by atomic mass is 35.5. The molecule has 0 N–H and O–H groups in total. The Kier molecular flexibility index (Phi) is 2.31. The molecule has 1 heterocycles. The molecule has 0 spiro atoms. The molecule has 1 aromatic carbocycles. The number of hydrogen-bond donors (Lipinski definition) is 0. The van der Waals surface area contributed by atoms with E-state index in [9.17, 15) is 4.79 Å². The SMILES string of the molecule is Cc1c(C=O)n(C)c2c(C)cc(Cl)cc12. The van der Waals surface area contributed by atoms with Gasteiger partial charge in [0.05, 0.1) is 11.2 Å². The molecule has 0 unspecified atom stereocenters. The molecule has 2 aromatic rings. The van der Waals surface area contributed by atoms with E-state index in [1.54, 1.807) is 0 Å². The van der Waals surface area contributed by atoms with Crippen molar-refractivity contribution >= 4 is 28.8 Å². The van der Waals surface area contributed by atoms with Crippen molar-refractivity contribution in [3.8, 4) is 0 Å². The lowest BCUT2D eigenvalue weighted by Gasteiger charge is -2.02. The molecule has 0 atom stereocenters. The number of aldehydes is 1. The third-order valence-electron chi connectivity index (χ3n) is 2.86. The van der Waals surface area contributed by atoms with Crippen molar-refractivity contribution in [2.24, 2.45) is 7.05 Å². The Bertz CT molecular complexity index is 554. The van der Waals surface area contributed by atoms with Gasteiger partial charge in [0, 0.05) is 17.5 Å². The summed E-state index contributed by atoms with van der Waals surface area (Å²) >= 11 is 6.00. The molecule has 15 heavy (non-hydrogen) atoms. The number of benzene rings is 1. The Labute approximate surface area is 93.5 Å². The van der Waals surface area contributed by atoms with E-state index in [1.165, 1.54) is 0 Å². The summed E-state index contributed by atoms with van der Waals surface area (Å²) in [6.07, 6.45) is 0.892. The smallest absolute Gasteiger partial charge is 0.166 e. The molecule has 0 saturated heterocycles. The average Bonchev–Trinajstić information content (AvgIpc) is 2.39. The third-order valence-corrected chi connectivity index (χ3v) is 3.08. The summed E-state index contributed by atoms with van der Waals surface area (Å²) in [6, 6.07) is 3.82. The second kappa shape index (κ2) is 3.38. The average molecular weight is 222 g/mol. The summed E-state index contributed by atoms with van der Waals surface area (Å²) in [5.74, 6) is 0. The van der Waals surface area contributed by atoms with E-state index >= 15 is 0 Å². The maximum absolute atomic E-state index is 11.0.